The first-order valence-electron chi connectivity index (χ1n) is 4.78. The van der Waals surface area contributed by atoms with Crippen molar-refractivity contribution in [1.29, 1.82) is 0 Å². The van der Waals surface area contributed by atoms with Gasteiger partial charge in [-0.2, -0.15) is 0 Å². The van der Waals surface area contributed by atoms with Crippen molar-refractivity contribution in [3.05, 3.63) is 12.2 Å². The first-order chi connectivity index (χ1) is 5.36. The Labute approximate surface area is 68.7 Å². The van der Waals surface area contributed by atoms with E-state index in [0.717, 1.165) is 11.8 Å². The van der Waals surface area contributed by atoms with Crippen LogP contribution in [0.1, 0.15) is 32.1 Å². The number of fused-ring (bicyclic) bond motifs is 1. The Morgan fingerprint density at radius 3 is 3.00 bits per heavy atom. The smallest absolute Gasteiger partial charge is 0.00418 e. The van der Waals surface area contributed by atoms with Gasteiger partial charge in [-0.25, -0.2) is 0 Å². The van der Waals surface area contributed by atoms with Gasteiger partial charge in [0.15, 0.2) is 0 Å². The Hall–Kier alpha value is -0.300. The van der Waals surface area contributed by atoms with Crippen LogP contribution >= 0.6 is 0 Å². The zero-order valence-corrected chi connectivity index (χ0v) is 7.00. The number of rotatable bonds is 0. The number of hydrogen-bond acceptors (Lipinski definition) is 1. The molecule has 0 heterocycles. The highest BCUT2D eigenvalue weighted by molar-refractivity contribution is 5.00. The van der Waals surface area contributed by atoms with Crippen LogP contribution in [0, 0.1) is 11.8 Å². The molecule has 2 aliphatic rings. The highest BCUT2D eigenvalue weighted by Crippen LogP contribution is 2.36. The van der Waals surface area contributed by atoms with Crippen LogP contribution in [-0.2, 0) is 0 Å². The topological polar surface area (TPSA) is 26.0 Å². The largest absolute Gasteiger partial charge is 0.328 e. The second kappa shape index (κ2) is 2.98. The van der Waals surface area contributed by atoms with E-state index in [4.69, 9.17) is 5.73 Å². The third-order valence-electron chi connectivity index (χ3n) is 3.17. The molecule has 1 fully saturated rings. The molecule has 62 valence electrons. The van der Waals surface area contributed by atoms with Crippen molar-refractivity contribution < 1.29 is 0 Å². The van der Waals surface area contributed by atoms with E-state index in [0.29, 0.717) is 6.04 Å². The molecule has 0 aromatic heterocycles. The van der Waals surface area contributed by atoms with E-state index < -0.39 is 0 Å². The molecule has 0 saturated heterocycles. The summed E-state index contributed by atoms with van der Waals surface area (Å²) in [6.07, 6.45) is 11.3. The van der Waals surface area contributed by atoms with Crippen LogP contribution in [0.15, 0.2) is 12.2 Å². The lowest BCUT2D eigenvalue weighted by atomic mass is 9.73. The lowest BCUT2D eigenvalue weighted by Gasteiger charge is -2.35. The maximum Gasteiger partial charge on any atom is 0.00418 e. The standard InChI is InChI=1S/C10H17N/c11-10-6-5-8-3-1-2-4-9(8)7-10/h1,3,8-10H,2,4-7,11H2. The Balaban J connectivity index is 2.02. The molecule has 0 bridgehead atoms. The van der Waals surface area contributed by atoms with Gasteiger partial charge in [-0.05, 0) is 43.9 Å². The molecular weight excluding hydrogens is 134 g/mol. The normalized spacial score (nSPS) is 43.5. The highest BCUT2D eigenvalue weighted by Gasteiger charge is 2.27. The van der Waals surface area contributed by atoms with Crippen LogP contribution < -0.4 is 5.73 Å². The first kappa shape index (κ1) is 7.35. The predicted octanol–water partition coefficient (Wildman–Crippen LogP) is 2.08. The highest BCUT2D eigenvalue weighted by atomic mass is 14.6. The zero-order chi connectivity index (χ0) is 7.68. The van der Waals surface area contributed by atoms with Crippen molar-refractivity contribution in [2.45, 2.75) is 38.1 Å². The van der Waals surface area contributed by atoms with Crippen LogP contribution in [0.3, 0.4) is 0 Å². The van der Waals surface area contributed by atoms with Gasteiger partial charge in [-0.15, -0.1) is 0 Å². The third kappa shape index (κ3) is 1.48. The Kier molecular flexibility index (Phi) is 1.99. The molecule has 0 radical (unpaired) electrons. The molecule has 0 spiro atoms. The Bertz CT molecular complexity index is 162. The minimum Gasteiger partial charge on any atom is -0.328 e. The van der Waals surface area contributed by atoms with Crippen molar-refractivity contribution in [3.63, 3.8) is 0 Å². The van der Waals surface area contributed by atoms with Gasteiger partial charge in [0, 0.05) is 6.04 Å². The van der Waals surface area contributed by atoms with Crippen LogP contribution in [-0.4, -0.2) is 6.04 Å². The maximum atomic E-state index is 5.92. The summed E-state index contributed by atoms with van der Waals surface area (Å²) in [5.74, 6) is 1.80. The van der Waals surface area contributed by atoms with Gasteiger partial charge in [0.2, 0.25) is 0 Å². The lowest BCUT2D eigenvalue weighted by Crippen LogP contribution is -2.33. The van der Waals surface area contributed by atoms with Crippen LogP contribution in [0.2, 0.25) is 0 Å². The van der Waals surface area contributed by atoms with Gasteiger partial charge >= 0.3 is 0 Å². The number of hydrogen-bond donors (Lipinski definition) is 1. The van der Waals surface area contributed by atoms with Gasteiger partial charge in [0.05, 0.1) is 0 Å². The second-order valence-electron chi connectivity index (χ2n) is 4.00. The summed E-state index contributed by atoms with van der Waals surface area (Å²) in [5, 5.41) is 0. The van der Waals surface area contributed by atoms with E-state index in [2.05, 4.69) is 12.2 Å². The summed E-state index contributed by atoms with van der Waals surface area (Å²) in [5.41, 5.74) is 5.92. The first-order valence-corrected chi connectivity index (χ1v) is 4.78. The third-order valence-corrected chi connectivity index (χ3v) is 3.17. The van der Waals surface area contributed by atoms with Crippen LogP contribution in [0.5, 0.6) is 0 Å². The van der Waals surface area contributed by atoms with Gasteiger partial charge in [-0.3, -0.25) is 0 Å². The van der Waals surface area contributed by atoms with E-state index >= 15 is 0 Å². The van der Waals surface area contributed by atoms with Crippen molar-refractivity contribution in [1.82, 2.24) is 0 Å². The summed E-state index contributed by atoms with van der Waals surface area (Å²) in [7, 11) is 0. The average Bonchev–Trinajstić information content (AvgIpc) is 2.04. The second-order valence-corrected chi connectivity index (χ2v) is 4.00. The molecular formula is C10H17N. The molecule has 2 N–H and O–H groups in total. The minimum atomic E-state index is 0.503. The molecule has 1 saturated carbocycles. The Morgan fingerprint density at radius 2 is 2.09 bits per heavy atom. The molecule has 0 amide bonds. The molecule has 0 aliphatic heterocycles. The van der Waals surface area contributed by atoms with E-state index in [1.165, 1.54) is 32.1 Å². The molecule has 2 aliphatic carbocycles. The number of nitrogens with two attached hydrogens (primary N) is 1. The summed E-state index contributed by atoms with van der Waals surface area (Å²) in [6.45, 7) is 0. The quantitative estimate of drug-likeness (QED) is 0.527. The van der Waals surface area contributed by atoms with Gasteiger partial charge in [0.25, 0.3) is 0 Å². The monoisotopic (exact) mass is 151 g/mol. The van der Waals surface area contributed by atoms with E-state index in [-0.39, 0.29) is 0 Å². The average molecular weight is 151 g/mol. The van der Waals surface area contributed by atoms with E-state index in [1.54, 1.807) is 0 Å². The van der Waals surface area contributed by atoms with Crippen LogP contribution in [0.25, 0.3) is 0 Å². The predicted molar refractivity (Wildman–Crippen MR) is 47.2 cm³/mol. The molecule has 0 aromatic carbocycles. The van der Waals surface area contributed by atoms with Crippen molar-refractivity contribution in [2.75, 3.05) is 0 Å². The molecule has 3 unspecified atom stereocenters. The number of allylic oxidation sites excluding steroid dienone is 2. The molecule has 0 aromatic rings. The zero-order valence-electron chi connectivity index (χ0n) is 7.00. The molecule has 2 rings (SSSR count). The summed E-state index contributed by atoms with van der Waals surface area (Å²) < 4.78 is 0. The molecule has 1 nitrogen and oxygen atoms in total. The summed E-state index contributed by atoms with van der Waals surface area (Å²) in [6, 6.07) is 0.503. The van der Waals surface area contributed by atoms with Gasteiger partial charge in [0.1, 0.15) is 0 Å². The Morgan fingerprint density at radius 1 is 1.18 bits per heavy atom. The summed E-state index contributed by atoms with van der Waals surface area (Å²) in [4.78, 5) is 0. The minimum absolute atomic E-state index is 0.503. The van der Waals surface area contributed by atoms with Gasteiger partial charge in [-0.1, -0.05) is 12.2 Å². The fourth-order valence-electron chi connectivity index (χ4n) is 2.49. The maximum absolute atomic E-state index is 5.92. The van der Waals surface area contributed by atoms with E-state index in [1.807, 2.05) is 0 Å². The van der Waals surface area contributed by atoms with Crippen LogP contribution in [0.4, 0.5) is 0 Å². The van der Waals surface area contributed by atoms with Crippen molar-refractivity contribution >= 4 is 0 Å². The van der Waals surface area contributed by atoms with Crippen molar-refractivity contribution in [2.24, 2.45) is 17.6 Å². The lowest BCUT2D eigenvalue weighted by molar-refractivity contribution is 0.236. The van der Waals surface area contributed by atoms with Crippen molar-refractivity contribution in [3.8, 4) is 0 Å². The fraction of sp³-hybridized carbons (Fsp3) is 0.800. The SMILES string of the molecule is NC1CCC2C=CCCC2C1. The van der Waals surface area contributed by atoms with E-state index in [9.17, 15) is 0 Å². The fourth-order valence-corrected chi connectivity index (χ4v) is 2.49. The molecule has 3 atom stereocenters. The molecule has 1 heteroatoms. The molecule has 11 heavy (non-hydrogen) atoms. The summed E-state index contributed by atoms with van der Waals surface area (Å²) >= 11 is 0. The van der Waals surface area contributed by atoms with Gasteiger partial charge < -0.3 is 5.73 Å².